The Labute approximate surface area is 198 Å². The van der Waals surface area contributed by atoms with Gasteiger partial charge in [0.15, 0.2) is 5.96 Å². The summed E-state index contributed by atoms with van der Waals surface area (Å²) in [7, 11) is 1.46. The molecule has 3 N–H and O–H groups in total. The number of halogens is 4. The standard InChI is InChI=1S/C24H32ClF3N4O/c1-33-22(21-7-4-14-32(21)23(29)30)31-20(12-13-25)18-11-10-17(19(15-18)24(26,27)28)9-8-16-5-2-3-6-16/h10-12,15-16,21H,2-9,13-14H2,1H3,(H3,29,30)/b20-12-,31-22?. The molecule has 0 radical (unpaired) electrons. The van der Waals surface area contributed by atoms with Crippen LogP contribution in [0.5, 0.6) is 0 Å². The van der Waals surface area contributed by atoms with Crippen molar-refractivity contribution in [3.63, 3.8) is 0 Å². The molecule has 1 saturated heterocycles. The van der Waals surface area contributed by atoms with Crippen LogP contribution in [0, 0.1) is 11.3 Å². The van der Waals surface area contributed by atoms with Crippen LogP contribution >= 0.6 is 11.6 Å². The molecule has 2 aliphatic rings. The maximum absolute atomic E-state index is 13.9. The topological polar surface area (TPSA) is 74.7 Å². The van der Waals surface area contributed by atoms with Crippen molar-refractivity contribution in [2.75, 3.05) is 19.5 Å². The SMILES string of the molecule is COC(=N/C(=C\CCl)c1ccc(CCC2CCCC2)c(C(F)(F)F)c1)C1CCCN1C(=N)N. The molecule has 0 amide bonds. The van der Waals surface area contributed by atoms with Crippen LogP contribution in [0.3, 0.4) is 0 Å². The minimum Gasteiger partial charge on any atom is -0.483 e. The van der Waals surface area contributed by atoms with Gasteiger partial charge in [0.1, 0.15) is 6.04 Å². The molecule has 33 heavy (non-hydrogen) atoms. The fourth-order valence-electron chi connectivity index (χ4n) is 4.86. The summed E-state index contributed by atoms with van der Waals surface area (Å²) in [5, 5.41) is 7.77. The number of nitrogens with two attached hydrogens (primary N) is 1. The first kappa shape index (κ1) is 25.4. The Morgan fingerprint density at radius 2 is 2.00 bits per heavy atom. The second kappa shape index (κ2) is 11.3. The van der Waals surface area contributed by atoms with Crippen LogP contribution in [-0.4, -0.2) is 42.3 Å². The van der Waals surface area contributed by atoms with Crippen LogP contribution in [0.2, 0.25) is 0 Å². The molecule has 182 valence electrons. The molecule has 1 aliphatic carbocycles. The summed E-state index contributed by atoms with van der Waals surface area (Å²) in [6.07, 6.45) is 4.36. The molecule has 1 aliphatic heterocycles. The first-order chi connectivity index (χ1) is 15.7. The number of nitrogens with one attached hydrogen (secondary N) is 1. The average Bonchev–Trinajstić information content (AvgIpc) is 3.46. The highest BCUT2D eigenvalue weighted by Gasteiger charge is 2.34. The molecule has 2 fully saturated rings. The molecule has 0 spiro atoms. The summed E-state index contributed by atoms with van der Waals surface area (Å²) in [5.74, 6) is 0.817. The van der Waals surface area contributed by atoms with Gasteiger partial charge in [-0.3, -0.25) is 5.41 Å². The number of likely N-dealkylation sites (tertiary alicyclic amines) is 1. The van der Waals surface area contributed by atoms with Crippen molar-refractivity contribution in [1.29, 1.82) is 5.41 Å². The lowest BCUT2D eigenvalue weighted by atomic mass is 9.93. The summed E-state index contributed by atoms with van der Waals surface area (Å²) in [4.78, 5) is 6.22. The van der Waals surface area contributed by atoms with Gasteiger partial charge in [0.25, 0.3) is 0 Å². The number of alkyl halides is 4. The number of allylic oxidation sites excluding steroid dienone is 1. The molecule has 9 heteroatoms. The zero-order chi connectivity index (χ0) is 24.0. The maximum Gasteiger partial charge on any atom is 0.416 e. The van der Waals surface area contributed by atoms with Gasteiger partial charge in [0.2, 0.25) is 5.90 Å². The van der Waals surface area contributed by atoms with Gasteiger partial charge in [-0.15, -0.1) is 11.6 Å². The third-order valence-electron chi connectivity index (χ3n) is 6.57. The van der Waals surface area contributed by atoms with Crippen molar-refractivity contribution >= 4 is 29.2 Å². The monoisotopic (exact) mass is 484 g/mol. The predicted octanol–water partition coefficient (Wildman–Crippen LogP) is 5.81. The van der Waals surface area contributed by atoms with Gasteiger partial charge >= 0.3 is 6.18 Å². The van der Waals surface area contributed by atoms with Crippen LogP contribution in [0.15, 0.2) is 29.3 Å². The van der Waals surface area contributed by atoms with Crippen molar-refractivity contribution in [2.45, 2.75) is 63.6 Å². The van der Waals surface area contributed by atoms with Crippen molar-refractivity contribution in [1.82, 2.24) is 4.90 Å². The van der Waals surface area contributed by atoms with E-state index in [-0.39, 0.29) is 17.9 Å². The molecule has 5 nitrogen and oxygen atoms in total. The Hall–Kier alpha value is -2.22. The Morgan fingerprint density at radius 1 is 1.27 bits per heavy atom. The smallest absolute Gasteiger partial charge is 0.416 e. The summed E-state index contributed by atoms with van der Waals surface area (Å²) in [6.45, 7) is 0.602. The van der Waals surface area contributed by atoms with Crippen molar-refractivity contribution in [2.24, 2.45) is 16.6 Å². The number of aliphatic imine (C=N–C) groups is 1. The van der Waals surface area contributed by atoms with Crippen molar-refractivity contribution < 1.29 is 17.9 Å². The van der Waals surface area contributed by atoms with E-state index >= 15 is 0 Å². The van der Waals surface area contributed by atoms with Crippen LogP contribution in [-0.2, 0) is 17.3 Å². The van der Waals surface area contributed by atoms with E-state index in [4.69, 9.17) is 27.5 Å². The van der Waals surface area contributed by atoms with E-state index < -0.39 is 11.7 Å². The third kappa shape index (κ3) is 6.43. The Bertz CT molecular complexity index is 894. The lowest BCUT2D eigenvalue weighted by Crippen LogP contribution is -2.44. The lowest BCUT2D eigenvalue weighted by Gasteiger charge is -2.25. The number of methoxy groups -OCH3 is 1. The Kier molecular flexibility index (Phi) is 8.68. The number of hydrogen-bond donors (Lipinski definition) is 2. The van der Waals surface area contributed by atoms with Gasteiger partial charge in [0, 0.05) is 18.0 Å². The number of rotatable bonds is 7. The highest BCUT2D eigenvalue weighted by atomic mass is 35.5. The van der Waals surface area contributed by atoms with Crippen LogP contribution in [0.25, 0.3) is 5.70 Å². The molecule has 0 bridgehead atoms. The second-order valence-corrected chi connectivity index (χ2v) is 9.00. The zero-order valence-electron chi connectivity index (χ0n) is 18.9. The van der Waals surface area contributed by atoms with Gasteiger partial charge < -0.3 is 15.4 Å². The van der Waals surface area contributed by atoms with Gasteiger partial charge in [0.05, 0.1) is 18.4 Å². The maximum atomic E-state index is 13.9. The summed E-state index contributed by atoms with van der Waals surface area (Å²) < 4.78 is 47.3. The predicted molar refractivity (Wildman–Crippen MR) is 127 cm³/mol. The van der Waals surface area contributed by atoms with E-state index in [0.717, 1.165) is 31.7 Å². The van der Waals surface area contributed by atoms with Crippen LogP contribution in [0.4, 0.5) is 13.2 Å². The van der Waals surface area contributed by atoms with E-state index in [2.05, 4.69) is 4.99 Å². The van der Waals surface area contributed by atoms with Gasteiger partial charge in [-0.05, 0) is 49.3 Å². The van der Waals surface area contributed by atoms with Crippen molar-refractivity contribution in [3.8, 4) is 0 Å². The average molecular weight is 485 g/mol. The molecule has 3 rings (SSSR count). The fourth-order valence-corrected chi connectivity index (χ4v) is 5.01. The van der Waals surface area contributed by atoms with E-state index in [1.54, 1.807) is 23.1 Å². The molecule has 1 heterocycles. The first-order valence-corrected chi connectivity index (χ1v) is 12.0. The van der Waals surface area contributed by atoms with Gasteiger partial charge in [-0.25, -0.2) is 4.99 Å². The van der Waals surface area contributed by atoms with E-state index in [0.29, 0.717) is 48.0 Å². The molecule has 1 saturated carbocycles. The number of ether oxygens (including phenoxy) is 1. The zero-order valence-corrected chi connectivity index (χ0v) is 19.7. The second-order valence-electron chi connectivity index (χ2n) is 8.69. The highest BCUT2D eigenvalue weighted by Crippen LogP contribution is 2.37. The largest absolute Gasteiger partial charge is 0.483 e. The van der Waals surface area contributed by atoms with E-state index in [1.165, 1.54) is 20.0 Å². The van der Waals surface area contributed by atoms with Gasteiger partial charge in [-0.1, -0.05) is 37.8 Å². The minimum atomic E-state index is -4.46. The number of aryl methyl sites for hydroxylation is 1. The molecular formula is C24H32ClF3N4O. The molecule has 1 unspecified atom stereocenters. The molecule has 1 aromatic rings. The van der Waals surface area contributed by atoms with Crippen LogP contribution < -0.4 is 5.73 Å². The van der Waals surface area contributed by atoms with Crippen LogP contribution in [0.1, 0.15) is 61.6 Å². The van der Waals surface area contributed by atoms with E-state index in [9.17, 15) is 13.2 Å². The fraction of sp³-hybridized carbons (Fsp3) is 0.583. The highest BCUT2D eigenvalue weighted by molar-refractivity contribution is 6.19. The molecule has 1 atom stereocenters. The Morgan fingerprint density at radius 3 is 2.61 bits per heavy atom. The molecule has 0 aromatic heterocycles. The molecule has 1 aromatic carbocycles. The number of guanidine groups is 1. The Balaban J connectivity index is 1.92. The number of benzene rings is 1. The lowest BCUT2D eigenvalue weighted by molar-refractivity contribution is -0.138. The van der Waals surface area contributed by atoms with E-state index in [1.807, 2.05) is 0 Å². The molecular weight excluding hydrogens is 453 g/mol. The number of nitrogens with zero attached hydrogens (tertiary/aromatic N) is 2. The third-order valence-corrected chi connectivity index (χ3v) is 6.72. The minimum absolute atomic E-state index is 0.0850. The first-order valence-electron chi connectivity index (χ1n) is 11.4. The number of hydrogen-bond acceptors (Lipinski definition) is 3. The summed E-state index contributed by atoms with van der Waals surface area (Å²) in [5.41, 5.74) is 6.01. The van der Waals surface area contributed by atoms with Crippen molar-refractivity contribution in [3.05, 3.63) is 41.0 Å². The van der Waals surface area contributed by atoms with Gasteiger partial charge in [-0.2, -0.15) is 13.2 Å². The summed E-state index contributed by atoms with van der Waals surface area (Å²) >= 11 is 5.92. The summed E-state index contributed by atoms with van der Waals surface area (Å²) in [6, 6.07) is 4.07. The quantitative estimate of drug-likeness (QED) is 0.291. The normalized spacial score (nSPS) is 20.5.